The minimum absolute atomic E-state index is 0.150. The van der Waals surface area contributed by atoms with Crippen LogP contribution in [0.4, 0.5) is 0 Å². The number of rotatable bonds is 7. The quantitative estimate of drug-likeness (QED) is 0.528. The van der Waals surface area contributed by atoms with Crippen LogP contribution >= 0.6 is 0 Å². The van der Waals surface area contributed by atoms with Crippen molar-refractivity contribution in [3.05, 3.63) is 52.1 Å². The van der Waals surface area contributed by atoms with E-state index in [0.717, 1.165) is 16.7 Å². The van der Waals surface area contributed by atoms with E-state index in [-0.39, 0.29) is 17.1 Å². The smallest absolute Gasteiger partial charge is 0.342 e. The van der Waals surface area contributed by atoms with Crippen LogP contribution in [0, 0.1) is 20.8 Å². The molecular formula is C22H26O6. The van der Waals surface area contributed by atoms with Crippen molar-refractivity contribution in [1.82, 2.24) is 0 Å². The average Bonchev–Trinajstić information content (AvgIpc) is 2.68. The van der Waals surface area contributed by atoms with Crippen molar-refractivity contribution in [2.75, 3.05) is 21.3 Å². The molecule has 0 amide bonds. The molecule has 0 bridgehead atoms. The summed E-state index contributed by atoms with van der Waals surface area (Å²) < 4.78 is 21.1. The van der Waals surface area contributed by atoms with Gasteiger partial charge < -0.3 is 18.9 Å². The third-order valence-electron chi connectivity index (χ3n) is 4.68. The number of Topliss-reactive ketones (excluding diaryl/α,β-unsaturated/α-hetero) is 1. The third kappa shape index (κ3) is 4.27. The van der Waals surface area contributed by atoms with Crippen LogP contribution in [0.15, 0.2) is 24.3 Å². The molecule has 0 saturated heterocycles. The second-order valence-corrected chi connectivity index (χ2v) is 6.57. The predicted octanol–water partition coefficient (Wildman–Crippen LogP) is 4.07. The number of ketones is 1. The first-order valence-electron chi connectivity index (χ1n) is 8.86. The summed E-state index contributed by atoms with van der Waals surface area (Å²) in [5.41, 5.74) is 3.65. The Morgan fingerprint density at radius 3 is 1.82 bits per heavy atom. The van der Waals surface area contributed by atoms with Crippen molar-refractivity contribution < 1.29 is 28.5 Å². The van der Waals surface area contributed by atoms with Gasteiger partial charge in [0, 0.05) is 17.7 Å². The van der Waals surface area contributed by atoms with Gasteiger partial charge in [0.1, 0.15) is 11.3 Å². The fourth-order valence-electron chi connectivity index (χ4n) is 2.91. The molecule has 0 aromatic heterocycles. The SMILES string of the molecule is COc1cc(OC)c(C(=O)O[C@@H](C)C(=O)c2cc(C)c(C)cc2C)cc1OC. The van der Waals surface area contributed by atoms with Crippen LogP contribution in [0.25, 0.3) is 0 Å². The molecule has 2 aromatic rings. The lowest BCUT2D eigenvalue weighted by Gasteiger charge is -2.17. The summed E-state index contributed by atoms with van der Waals surface area (Å²) in [6.45, 7) is 7.35. The molecule has 0 N–H and O–H groups in total. The normalized spacial score (nSPS) is 11.5. The van der Waals surface area contributed by atoms with Crippen molar-refractivity contribution in [2.24, 2.45) is 0 Å². The largest absolute Gasteiger partial charge is 0.496 e. The molecule has 0 saturated carbocycles. The highest BCUT2D eigenvalue weighted by Crippen LogP contribution is 2.35. The van der Waals surface area contributed by atoms with Crippen molar-refractivity contribution >= 4 is 11.8 Å². The van der Waals surface area contributed by atoms with E-state index < -0.39 is 12.1 Å². The fraction of sp³-hybridized carbons (Fsp3) is 0.364. The molecule has 0 spiro atoms. The standard InChI is InChI=1S/C22H26O6/c1-12-8-14(3)16(9-13(12)2)21(23)15(4)28-22(24)17-10-19(26-6)20(27-7)11-18(17)25-5/h8-11,15H,1-7H3/t15-/m0/s1. The summed E-state index contributed by atoms with van der Waals surface area (Å²) in [7, 11) is 4.39. The molecule has 28 heavy (non-hydrogen) atoms. The number of benzene rings is 2. The Balaban J connectivity index is 2.29. The first-order chi connectivity index (χ1) is 13.2. The topological polar surface area (TPSA) is 71.1 Å². The van der Waals surface area contributed by atoms with E-state index in [0.29, 0.717) is 17.1 Å². The molecule has 0 unspecified atom stereocenters. The Kier molecular flexibility index (Phi) is 6.67. The number of carbonyl (C=O) groups is 2. The summed E-state index contributed by atoms with van der Waals surface area (Å²) in [4.78, 5) is 25.5. The Labute approximate surface area is 165 Å². The number of methoxy groups -OCH3 is 3. The Hall–Kier alpha value is -3.02. The molecule has 2 aromatic carbocycles. The van der Waals surface area contributed by atoms with E-state index in [2.05, 4.69) is 0 Å². The Morgan fingerprint density at radius 1 is 0.714 bits per heavy atom. The van der Waals surface area contributed by atoms with Crippen LogP contribution in [-0.2, 0) is 4.74 Å². The maximum Gasteiger partial charge on any atom is 0.342 e. The van der Waals surface area contributed by atoms with E-state index >= 15 is 0 Å². The van der Waals surface area contributed by atoms with Crippen molar-refractivity contribution in [2.45, 2.75) is 33.8 Å². The summed E-state index contributed by atoms with van der Waals surface area (Å²) in [5, 5.41) is 0. The van der Waals surface area contributed by atoms with Crippen LogP contribution in [0.1, 0.15) is 44.3 Å². The van der Waals surface area contributed by atoms with Crippen LogP contribution in [0.2, 0.25) is 0 Å². The van der Waals surface area contributed by atoms with Crippen LogP contribution in [0.3, 0.4) is 0 Å². The van der Waals surface area contributed by atoms with Gasteiger partial charge in [-0.2, -0.15) is 0 Å². The van der Waals surface area contributed by atoms with Gasteiger partial charge in [-0.15, -0.1) is 0 Å². The number of carbonyl (C=O) groups excluding carboxylic acids is 2. The minimum Gasteiger partial charge on any atom is -0.496 e. The molecule has 6 heteroatoms. The van der Waals surface area contributed by atoms with E-state index in [4.69, 9.17) is 18.9 Å². The van der Waals surface area contributed by atoms with Crippen LogP contribution in [0.5, 0.6) is 17.2 Å². The van der Waals surface area contributed by atoms with Crippen molar-refractivity contribution in [1.29, 1.82) is 0 Å². The lowest BCUT2D eigenvalue weighted by Crippen LogP contribution is -2.25. The maximum absolute atomic E-state index is 12.8. The molecule has 150 valence electrons. The average molecular weight is 386 g/mol. The van der Waals surface area contributed by atoms with Gasteiger partial charge in [-0.1, -0.05) is 6.07 Å². The number of hydrogen-bond acceptors (Lipinski definition) is 6. The second kappa shape index (κ2) is 8.78. The van der Waals surface area contributed by atoms with Gasteiger partial charge in [-0.25, -0.2) is 4.79 Å². The summed E-state index contributed by atoms with van der Waals surface area (Å²) in [6, 6.07) is 6.79. The molecular weight excluding hydrogens is 360 g/mol. The van der Waals surface area contributed by atoms with E-state index in [1.807, 2.05) is 32.9 Å². The zero-order valence-electron chi connectivity index (χ0n) is 17.3. The lowest BCUT2D eigenvalue weighted by molar-refractivity contribution is 0.0315. The molecule has 0 radical (unpaired) electrons. The molecule has 0 aliphatic carbocycles. The molecule has 2 rings (SSSR count). The molecule has 6 nitrogen and oxygen atoms in total. The number of aryl methyl sites for hydroxylation is 3. The third-order valence-corrected chi connectivity index (χ3v) is 4.68. The highest BCUT2D eigenvalue weighted by atomic mass is 16.5. The van der Waals surface area contributed by atoms with Gasteiger partial charge in [-0.3, -0.25) is 4.79 Å². The summed E-state index contributed by atoms with van der Waals surface area (Å²) in [5.74, 6) is 0.114. The van der Waals surface area contributed by atoms with E-state index in [1.165, 1.54) is 33.5 Å². The minimum atomic E-state index is -0.953. The van der Waals surface area contributed by atoms with Gasteiger partial charge in [0.25, 0.3) is 0 Å². The Morgan fingerprint density at radius 2 is 1.25 bits per heavy atom. The highest BCUT2D eigenvalue weighted by molar-refractivity contribution is 6.03. The lowest BCUT2D eigenvalue weighted by atomic mass is 9.96. The molecule has 1 atom stereocenters. The molecule has 0 aliphatic rings. The molecule has 0 fully saturated rings. The monoisotopic (exact) mass is 386 g/mol. The predicted molar refractivity (Wildman–Crippen MR) is 106 cm³/mol. The molecule has 0 heterocycles. The highest BCUT2D eigenvalue weighted by Gasteiger charge is 2.25. The van der Waals surface area contributed by atoms with Gasteiger partial charge in [0.05, 0.1) is 21.3 Å². The maximum atomic E-state index is 12.8. The zero-order valence-corrected chi connectivity index (χ0v) is 17.3. The van der Waals surface area contributed by atoms with Gasteiger partial charge in [0.2, 0.25) is 5.78 Å². The van der Waals surface area contributed by atoms with Crippen LogP contribution in [-0.4, -0.2) is 39.2 Å². The second-order valence-electron chi connectivity index (χ2n) is 6.57. The number of ether oxygens (including phenoxy) is 4. The first kappa shape index (κ1) is 21.3. The van der Waals surface area contributed by atoms with Gasteiger partial charge in [0.15, 0.2) is 17.6 Å². The van der Waals surface area contributed by atoms with E-state index in [1.54, 1.807) is 6.92 Å². The van der Waals surface area contributed by atoms with Crippen LogP contribution < -0.4 is 14.2 Å². The van der Waals surface area contributed by atoms with Crippen molar-refractivity contribution in [3.63, 3.8) is 0 Å². The molecule has 0 aliphatic heterocycles. The summed E-state index contributed by atoms with van der Waals surface area (Å²) >= 11 is 0. The van der Waals surface area contributed by atoms with Gasteiger partial charge >= 0.3 is 5.97 Å². The number of esters is 1. The first-order valence-corrected chi connectivity index (χ1v) is 8.86. The zero-order chi connectivity index (χ0) is 21.0. The number of hydrogen-bond donors (Lipinski definition) is 0. The fourth-order valence-corrected chi connectivity index (χ4v) is 2.91. The van der Waals surface area contributed by atoms with E-state index in [9.17, 15) is 9.59 Å². The Bertz CT molecular complexity index is 900. The van der Waals surface area contributed by atoms with Crippen molar-refractivity contribution in [3.8, 4) is 17.2 Å². The van der Waals surface area contributed by atoms with Gasteiger partial charge in [-0.05, 0) is 50.5 Å². The summed E-state index contributed by atoms with van der Waals surface area (Å²) in [6.07, 6.45) is -0.953.